The largest absolute Gasteiger partial charge is 0.398 e. The zero-order chi connectivity index (χ0) is 12.0. The lowest BCUT2D eigenvalue weighted by molar-refractivity contribution is 0.449. The van der Waals surface area contributed by atoms with E-state index < -0.39 is 0 Å². The SMILES string of the molecule is CCC(CC)CNCc1ccc(Br)c(N)c1. The first-order chi connectivity index (χ1) is 7.67. The molecule has 3 N–H and O–H groups in total. The summed E-state index contributed by atoms with van der Waals surface area (Å²) in [6, 6.07) is 6.12. The first-order valence-electron chi connectivity index (χ1n) is 5.92. The van der Waals surface area contributed by atoms with E-state index in [1.54, 1.807) is 0 Å². The number of benzene rings is 1. The maximum Gasteiger partial charge on any atom is 0.0461 e. The molecule has 0 fully saturated rings. The van der Waals surface area contributed by atoms with Crippen molar-refractivity contribution in [1.29, 1.82) is 0 Å². The summed E-state index contributed by atoms with van der Waals surface area (Å²) >= 11 is 3.40. The summed E-state index contributed by atoms with van der Waals surface area (Å²) in [5.41, 5.74) is 7.88. The Morgan fingerprint density at radius 3 is 2.56 bits per heavy atom. The molecule has 0 bridgehead atoms. The molecular weight excluding hydrogens is 264 g/mol. The standard InChI is InChI=1S/C13H21BrN2/c1-3-10(4-2)8-16-9-11-5-6-12(14)13(15)7-11/h5-7,10,16H,3-4,8-9,15H2,1-2H3. The summed E-state index contributed by atoms with van der Waals surface area (Å²) < 4.78 is 0.969. The predicted molar refractivity (Wildman–Crippen MR) is 74.3 cm³/mol. The van der Waals surface area contributed by atoms with Crippen molar-refractivity contribution in [3.8, 4) is 0 Å². The van der Waals surface area contributed by atoms with Gasteiger partial charge in [0.15, 0.2) is 0 Å². The fraction of sp³-hybridized carbons (Fsp3) is 0.538. The first kappa shape index (κ1) is 13.5. The van der Waals surface area contributed by atoms with Crippen LogP contribution in [0, 0.1) is 5.92 Å². The van der Waals surface area contributed by atoms with E-state index in [0.29, 0.717) is 0 Å². The van der Waals surface area contributed by atoms with Gasteiger partial charge in [-0.1, -0.05) is 32.8 Å². The van der Waals surface area contributed by atoms with Crippen molar-refractivity contribution < 1.29 is 0 Å². The summed E-state index contributed by atoms with van der Waals surface area (Å²) in [6.45, 7) is 6.47. The average Bonchev–Trinajstić information content (AvgIpc) is 2.29. The van der Waals surface area contributed by atoms with Crippen LogP contribution in [0.5, 0.6) is 0 Å². The number of nitrogen functional groups attached to an aromatic ring is 1. The molecule has 0 unspecified atom stereocenters. The smallest absolute Gasteiger partial charge is 0.0461 e. The Morgan fingerprint density at radius 1 is 1.31 bits per heavy atom. The maximum absolute atomic E-state index is 5.83. The third-order valence-corrected chi connectivity index (χ3v) is 3.70. The van der Waals surface area contributed by atoms with Crippen LogP contribution in [-0.4, -0.2) is 6.54 Å². The second kappa shape index (κ2) is 6.92. The van der Waals surface area contributed by atoms with Crippen molar-refractivity contribution in [2.24, 2.45) is 5.92 Å². The Balaban J connectivity index is 2.40. The van der Waals surface area contributed by atoms with Crippen LogP contribution >= 0.6 is 15.9 Å². The van der Waals surface area contributed by atoms with Gasteiger partial charge in [-0.25, -0.2) is 0 Å². The highest BCUT2D eigenvalue weighted by molar-refractivity contribution is 9.10. The van der Waals surface area contributed by atoms with Crippen molar-refractivity contribution in [3.63, 3.8) is 0 Å². The molecule has 0 aliphatic heterocycles. The monoisotopic (exact) mass is 284 g/mol. The molecule has 0 aromatic heterocycles. The summed E-state index contributed by atoms with van der Waals surface area (Å²) in [7, 11) is 0. The second-order valence-corrected chi connectivity index (χ2v) is 5.02. The molecule has 0 heterocycles. The van der Waals surface area contributed by atoms with Crippen molar-refractivity contribution in [2.45, 2.75) is 33.2 Å². The molecule has 0 aliphatic carbocycles. The Labute approximate surface area is 107 Å². The minimum Gasteiger partial charge on any atom is -0.398 e. The highest BCUT2D eigenvalue weighted by atomic mass is 79.9. The Hall–Kier alpha value is -0.540. The number of nitrogens with one attached hydrogen (secondary N) is 1. The number of halogens is 1. The van der Waals surface area contributed by atoms with Gasteiger partial charge in [0.1, 0.15) is 0 Å². The van der Waals surface area contributed by atoms with Gasteiger partial charge in [0, 0.05) is 16.7 Å². The highest BCUT2D eigenvalue weighted by Gasteiger charge is 2.03. The van der Waals surface area contributed by atoms with E-state index in [1.165, 1.54) is 18.4 Å². The number of nitrogens with two attached hydrogens (primary N) is 1. The van der Waals surface area contributed by atoms with Gasteiger partial charge in [0.2, 0.25) is 0 Å². The zero-order valence-electron chi connectivity index (χ0n) is 10.1. The van der Waals surface area contributed by atoms with Crippen molar-refractivity contribution in [1.82, 2.24) is 5.32 Å². The molecule has 0 aliphatic rings. The van der Waals surface area contributed by atoms with Crippen LogP contribution < -0.4 is 11.1 Å². The number of hydrogen-bond acceptors (Lipinski definition) is 2. The van der Waals surface area contributed by atoms with Gasteiger partial charge in [-0.3, -0.25) is 0 Å². The normalized spacial score (nSPS) is 11.0. The lowest BCUT2D eigenvalue weighted by Gasteiger charge is -2.13. The summed E-state index contributed by atoms with van der Waals surface area (Å²) in [4.78, 5) is 0. The number of rotatable bonds is 6. The van der Waals surface area contributed by atoms with Crippen LogP contribution in [0.4, 0.5) is 5.69 Å². The van der Waals surface area contributed by atoms with Crippen LogP contribution in [0.15, 0.2) is 22.7 Å². The van der Waals surface area contributed by atoms with E-state index in [0.717, 1.165) is 29.2 Å². The molecular formula is C13H21BrN2. The van der Waals surface area contributed by atoms with Crippen LogP contribution in [0.2, 0.25) is 0 Å². The molecule has 0 saturated carbocycles. The van der Waals surface area contributed by atoms with Gasteiger partial charge < -0.3 is 11.1 Å². The van der Waals surface area contributed by atoms with E-state index in [-0.39, 0.29) is 0 Å². The molecule has 1 rings (SSSR count). The molecule has 1 aromatic carbocycles. The van der Waals surface area contributed by atoms with E-state index >= 15 is 0 Å². The molecule has 0 amide bonds. The van der Waals surface area contributed by atoms with Crippen molar-refractivity contribution >= 4 is 21.6 Å². The molecule has 0 spiro atoms. The number of hydrogen-bond donors (Lipinski definition) is 2. The van der Waals surface area contributed by atoms with Gasteiger partial charge in [0.25, 0.3) is 0 Å². The van der Waals surface area contributed by atoms with Crippen LogP contribution in [0.25, 0.3) is 0 Å². The third kappa shape index (κ3) is 4.14. The van der Waals surface area contributed by atoms with E-state index in [1.807, 2.05) is 12.1 Å². The Morgan fingerprint density at radius 2 is 2.00 bits per heavy atom. The van der Waals surface area contributed by atoms with Crippen LogP contribution in [0.3, 0.4) is 0 Å². The highest BCUT2D eigenvalue weighted by Crippen LogP contribution is 2.20. The predicted octanol–water partition coefficient (Wildman–Crippen LogP) is 3.56. The molecule has 90 valence electrons. The zero-order valence-corrected chi connectivity index (χ0v) is 11.7. The fourth-order valence-corrected chi connectivity index (χ4v) is 1.95. The molecule has 0 atom stereocenters. The molecule has 0 radical (unpaired) electrons. The van der Waals surface area contributed by atoms with E-state index in [2.05, 4.69) is 41.2 Å². The molecule has 1 aromatic rings. The van der Waals surface area contributed by atoms with E-state index in [4.69, 9.17) is 5.73 Å². The summed E-state index contributed by atoms with van der Waals surface area (Å²) in [5.74, 6) is 0.785. The van der Waals surface area contributed by atoms with E-state index in [9.17, 15) is 0 Å². The maximum atomic E-state index is 5.83. The van der Waals surface area contributed by atoms with Crippen molar-refractivity contribution in [2.75, 3.05) is 12.3 Å². The molecule has 2 nitrogen and oxygen atoms in total. The minimum absolute atomic E-state index is 0.785. The van der Waals surface area contributed by atoms with Gasteiger partial charge in [-0.05, 0) is 46.1 Å². The van der Waals surface area contributed by atoms with Gasteiger partial charge in [-0.15, -0.1) is 0 Å². The molecule has 16 heavy (non-hydrogen) atoms. The van der Waals surface area contributed by atoms with Crippen molar-refractivity contribution in [3.05, 3.63) is 28.2 Å². The second-order valence-electron chi connectivity index (χ2n) is 4.17. The first-order valence-corrected chi connectivity index (χ1v) is 6.71. The van der Waals surface area contributed by atoms with Crippen LogP contribution in [0.1, 0.15) is 32.3 Å². The molecule has 3 heteroatoms. The summed E-state index contributed by atoms with van der Waals surface area (Å²) in [6.07, 6.45) is 2.48. The topological polar surface area (TPSA) is 38.0 Å². The lowest BCUT2D eigenvalue weighted by atomic mass is 10.0. The van der Waals surface area contributed by atoms with Gasteiger partial charge in [0.05, 0.1) is 0 Å². The minimum atomic E-state index is 0.785. The molecule has 0 saturated heterocycles. The number of anilines is 1. The van der Waals surface area contributed by atoms with Gasteiger partial charge >= 0.3 is 0 Å². The third-order valence-electron chi connectivity index (χ3n) is 2.98. The van der Waals surface area contributed by atoms with Crippen LogP contribution in [-0.2, 0) is 6.54 Å². The quantitative estimate of drug-likeness (QED) is 0.784. The van der Waals surface area contributed by atoms with Gasteiger partial charge in [-0.2, -0.15) is 0 Å². The Bertz CT molecular complexity index is 322. The Kier molecular flexibility index (Phi) is 5.85. The average molecular weight is 285 g/mol. The summed E-state index contributed by atoms with van der Waals surface area (Å²) in [5, 5.41) is 3.48. The fourth-order valence-electron chi connectivity index (χ4n) is 1.70. The lowest BCUT2D eigenvalue weighted by Crippen LogP contribution is -2.21.